The Hall–Kier alpha value is -1.91. The third-order valence-corrected chi connectivity index (χ3v) is 6.53. The second-order valence-corrected chi connectivity index (χ2v) is 9.90. The largest absolute Gasteiger partial charge is 0.325 e. The number of nitrogens with zero attached hydrogens (tertiary/aromatic N) is 3. The Labute approximate surface area is 169 Å². The predicted octanol–water partition coefficient (Wildman–Crippen LogP) is 2.73. The van der Waals surface area contributed by atoms with Crippen LogP contribution in [0.3, 0.4) is 0 Å². The number of aryl methyl sites for hydroxylation is 1. The molecule has 1 heterocycles. The summed E-state index contributed by atoms with van der Waals surface area (Å²) in [5.41, 5.74) is 1.99. The van der Waals surface area contributed by atoms with Crippen LogP contribution in [0.15, 0.2) is 22.2 Å². The molecule has 0 saturated heterocycles. The lowest BCUT2D eigenvalue weighted by Gasteiger charge is -2.13. The molecule has 152 valence electrons. The summed E-state index contributed by atoms with van der Waals surface area (Å²) < 4.78 is 25.4. The number of rotatable bonds is 7. The number of hydrogen-bond acceptors (Lipinski definition) is 6. The summed E-state index contributed by atoms with van der Waals surface area (Å²) in [7, 11) is -3.85. The molecule has 3 rings (SSSR count). The van der Waals surface area contributed by atoms with E-state index in [1.807, 2.05) is 6.92 Å². The van der Waals surface area contributed by atoms with Crippen LogP contribution in [0.4, 0.5) is 5.69 Å². The first-order valence-corrected chi connectivity index (χ1v) is 11.6. The molecule has 1 aromatic heterocycles. The van der Waals surface area contributed by atoms with E-state index in [9.17, 15) is 13.2 Å². The van der Waals surface area contributed by atoms with Gasteiger partial charge in [0, 0.05) is 17.6 Å². The zero-order valence-electron chi connectivity index (χ0n) is 16.4. The van der Waals surface area contributed by atoms with Crippen molar-refractivity contribution in [2.45, 2.75) is 62.5 Å². The number of primary sulfonamides is 1. The Kier molecular flexibility index (Phi) is 5.83. The van der Waals surface area contributed by atoms with Gasteiger partial charge in [0.2, 0.25) is 15.9 Å². The molecule has 1 saturated carbocycles. The number of nitrogens with two attached hydrogens (primary N) is 1. The second-order valence-electron chi connectivity index (χ2n) is 7.39. The number of hydrogen-bond donors (Lipinski definition) is 2. The van der Waals surface area contributed by atoms with Crippen molar-refractivity contribution in [1.82, 2.24) is 14.8 Å². The molecule has 0 aliphatic heterocycles. The van der Waals surface area contributed by atoms with E-state index in [1.54, 1.807) is 6.92 Å². The molecule has 2 aromatic rings. The van der Waals surface area contributed by atoms with Gasteiger partial charge in [-0.3, -0.25) is 4.79 Å². The molecule has 8 nitrogen and oxygen atoms in total. The van der Waals surface area contributed by atoms with Gasteiger partial charge in [0.05, 0.1) is 10.6 Å². The fraction of sp³-hybridized carbons (Fsp3) is 0.500. The van der Waals surface area contributed by atoms with Crippen LogP contribution in [-0.4, -0.2) is 34.8 Å². The molecule has 0 spiro atoms. The number of anilines is 1. The third kappa shape index (κ3) is 4.56. The van der Waals surface area contributed by atoms with E-state index in [0.717, 1.165) is 34.9 Å². The first kappa shape index (κ1) is 20.8. The second kappa shape index (κ2) is 7.84. The van der Waals surface area contributed by atoms with E-state index in [4.69, 9.17) is 5.14 Å². The molecule has 0 atom stereocenters. The number of sulfonamides is 1. The van der Waals surface area contributed by atoms with Crippen LogP contribution in [-0.2, 0) is 14.8 Å². The summed E-state index contributed by atoms with van der Waals surface area (Å²) in [6, 6.07) is 3.32. The standard InChI is InChI=1S/C18H25N5O3S2/c1-10(2)17-21-22-18(23(17)13-5-6-13)27-9-16(24)20-15-8-14(28(19,25)26)7-11(3)12(15)4/h7-8,10,13H,5-6,9H2,1-4H3,(H,20,24)(H2,19,25,26). The van der Waals surface area contributed by atoms with Gasteiger partial charge in [0.15, 0.2) is 5.16 Å². The van der Waals surface area contributed by atoms with Crippen molar-refractivity contribution in [3.63, 3.8) is 0 Å². The number of benzene rings is 1. The van der Waals surface area contributed by atoms with E-state index in [-0.39, 0.29) is 22.5 Å². The molecular weight excluding hydrogens is 398 g/mol. The fourth-order valence-electron chi connectivity index (χ4n) is 2.89. The van der Waals surface area contributed by atoms with Gasteiger partial charge in [-0.15, -0.1) is 10.2 Å². The zero-order valence-corrected chi connectivity index (χ0v) is 18.0. The van der Waals surface area contributed by atoms with E-state index < -0.39 is 10.0 Å². The summed E-state index contributed by atoms with van der Waals surface area (Å²) in [5, 5.41) is 17.3. The number of aromatic nitrogens is 3. The normalized spacial score (nSPS) is 14.5. The number of carbonyl (C=O) groups excluding carboxylic acids is 1. The smallest absolute Gasteiger partial charge is 0.238 e. The summed E-state index contributed by atoms with van der Waals surface area (Å²) in [6.07, 6.45) is 2.21. The van der Waals surface area contributed by atoms with Gasteiger partial charge in [-0.05, 0) is 49.9 Å². The maximum absolute atomic E-state index is 12.5. The molecule has 0 bridgehead atoms. The third-order valence-electron chi connectivity index (χ3n) is 4.70. The van der Waals surface area contributed by atoms with Crippen LogP contribution in [0.2, 0.25) is 0 Å². The number of amides is 1. The Bertz CT molecular complexity index is 1010. The van der Waals surface area contributed by atoms with Gasteiger partial charge in [-0.1, -0.05) is 25.6 Å². The average molecular weight is 424 g/mol. The summed E-state index contributed by atoms with van der Waals surface area (Å²) >= 11 is 1.34. The molecule has 0 radical (unpaired) electrons. The minimum absolute atomic E-state index is 0.0198. The molecule has 1 fully saturated rings. The highest BCUT2D eigenvalue weighted by atomic mass is 32.2. The highest BCUT2D eigenvalue weighted by Gasteiger charge is 2.30. The molecule has 1 aromatic carbocycles. The SMILES string of the molecule is Cc1cc(S(N)(=O)=O)cc(NC(=O)CSc2nnc(C(C)C)n2C2CC2)c1C. The van der Waals surface area contributed by atoms with E-state index in [1.165, 1.54) is 23.9 Å². The molecule has 1 amide bonds. The first-order chi connectivity index (χ1) is 13.1. The van der Waals surface area contributed by atoms with Crippen LogP contribution in [0.1, 0.15) is 55.6 Å². The minimum Gasteiger partial charge on any atom is -0.325 e. The zero-order chi connectivity index (χ0) is 20.6. The van der Waals surface area contributed by atoms with Crippen molar-refractivity contribution >= 4 is 33.4 Å². The molecule has 1 aliphatic carbocycles. The number of thioether (sulfide) groups is 1. The van der Waals surface area contributed by atoms with Crippen molar-refractivity contribution < 1.29 is 13.2 Å². The Morgan fingerprint density at radius 1 is 1.32 bits per heavy atom. The fourth-order valence-corrected chi connectivity index (χ4v) is 4.33. The summed E-state index contributed by atoms with van der Waals surface area (Å²) in [4.78, 5) is 12.5. The van der Waals surface area contributed by atoms with Gasteiger partial charge >= 0.3 is 0 Å². The van der Waals surface area contributed by atoms with E-state index in [0.29, 0.717) is 11.7 Å². The maximum atomic E-state index is 12.5. The van der Waals surface area contributed by atoms with Crippen molar-refractivity contribution in [1.29, 1.82) is 0 Å². The topological polar surface area (TPSA) is 120 Å². The van der Waals surface area contributed by atoms with Gasteiger partial charge in [-0.2, -0.15) is 0 Å². The Balaban J connectivity index is 1.73. The van der Waals surface area contributed by atoms with Crippen LogP contribution in [0.5, 0.6) is 0 Å². The predicted molar refractivity (Wildman–Crippen MR) is 109 cm³/mol. The van der Waals surface area contributed by atoms with Gasteiger partial charge < -0.3 is 9.88 Å². The highest BCUT2D eigenvalue weighted by Crippen LogP contribution is 2.40. The molecular formula is C18H25N5O3S2. The van der Waals surface area contributed by atoms with Gasteiger partial charge in [0.1, 0.15) is 5.82 Å². The monoisotopic (exact) mass is 423 g/mol. The lowest BCUT2D eigenvalue weighted by Crippen LogP contribution is -2.18. The number of carbonyl (C=O) groups is 1. The average Bonchev–Trinajstić information content (AvgIpc) is 3.34. The molecule has 28 heavy (non-hydrogen) atoms. The van der Waals surface area contributed by atoms with Crippen molar-refractivity contribution in [3.05, 3.63) is 29.1 Å². The van der Waals surface area contributed by atoms with E-state index >= 15 is 0 Å². The lowest BCUT2D eigenvalue weighted by atomic mass is 10.1. The van der Waals surface area contributed by atoms with Crippen LogP contribution in [0.25, 0.3) is 0 Å². The van der Waals surface area contributed by atoms with E-state index in [2.05, 4.69) is 33.9 Å². The van der Waals surface area contributed by atoms with Crippen LogP contribution >= 0.6 is 11.8 Å². The summed E-state index contributed by atoms with van der Waals surface area (Å²) in [5.74, 6) is 1.12. The maximum Gasteiger partial charge on any atom is 0.238 e. The molecule has 3 N–H and O–H groups in total. The van der Waals surface area contributed by atoms with Crippen molar-refractivity contribution in [3.8, 4) is 0 Å². The highest BCUT2D eigenvalue weighted by molar-refractivity contribution is 7.99. The van der Waals surface area contributed by atoms with Crippen LogP contribution in [0, 0.1) is 13.8 Å². The Morgan fingerprint density at radius 3 is 2.57 bits per heavy atom. The quantitative estimate of drug-likeness (QED) is 0.661. The summed E-state index contributed by atoms with van der Waals surface area (Å²) in [6.45, 7) is 7.75. The van der Waals surface area contributed by atoms with Gasteiger partial charge in [-0.25, -0.2) is 13.6 Å². The molecule has 10 heteroatoms. The molecule has 1 aliphatic rings. The Morgan fingerprint density at radius 2 is 2.00 bits per heavy atom. The lowest BCUT2D eigenvalue weighted by molar-refractivity contribution is -0.113. The van der Waals surface area contributed by atoms with Gasteiger partial charge in [0.25, 0.3) is 0 Å². The molecule has 0 unspecified atom stereocenters. The van der Waals surface area contributed by atoms with Crippen LogP contribution < -0.4 is 10.5 Å². The minimum atomic E-state index is -3.85. The first-order valence-electron chi connectivity index (χ1n) is 9.09. The van der Waals surface area contributed by atoms with Crippen molar-refractivity contribution in [2.75, 3.05) is 11.1 Å². The number of nitrogens with one attached hydrogen (secondary N) is 1. The van der Waals surface area contributed by atoms with Crippen molar-refractivity contribution in [2.24, 2.45) is 5.14 Å².